The fraction of sp³-hybridized carbons (Fsp3) is 0.263. The molecule has 0 unspecified atom stereocenters. The Morgan fingerprint density at radius 1 is 1.08 bits per heavy atom. The Morgan fingerprint density at radius 2 is 1.96 bits per heavy atom. The highest BCUT2D eigenvalue weighted by Gasteiger charge is 2.35. The maximum Gasteiger partial charge on any atom is 0.296 e. The van der Waals surface area contributed by atoms with Crippen LogP contribution in [0, 0.1) is 0 Å². The van der Waals surface area contributed by atoms with Crippen LogP contribution in [0.15, 0.2) is 47.3 Å². The van der Waals surface area contributed by atoms with Gasteiger partial charge in [-0.3, -0.25) is 14.7 Å². The lowest BCUT2D eigenvalue weighted by atomic mass is 10.3. The summed E-state index contributed by atoms with van der Waals surface area (Å²) in [6.45, 7) is 2.50. The first-order valence-corrected chi connectivity index (χ1v) is 8.72. The van der Waals surface area contributed by atoms with Crippen molar-refractivity contribution >= 4 is 17.4 Å². The Kier molecular flexibility index (Phi) is 3.44. The predicted molar refractivity (Wildman–Crippen MR) is 95.9 cm³/mol. The van der Waals surface area contributed by atoms with Gasteiger partial charge in [-0.15, -0.1) is 0 Å². The SMILES string of the molecule is O=C1c2oc(-c3ccc(N4CCCC4)nc3)nc2CN1c1cccnc1. The summed E-state index contributed by atoms with van der Waals surface area (Å²) < 4.78 is 5.77. The molecule has 1 amide bonds. The predicted octanol–water partition coefficient (Wildman–Crippen LogP) is 2.89. The topological polar surface area (TPSA) is 75.4 Å². The highest BCUT2D eigenvalue weighted by atomic mass is 16.4. The van der Waals surface area contributed by atoms with Crippen LogP contribution in [-0.4, -0.2) is 33.9 Å². The van der Waals surface area contributed by atoms with Gasteiger partial charge in [-0.25, -0.2) is 9.97 Å². The van der Waals surface area contributed by atoms with Crippen molar-refractivity contribution in [2.24, 2.45) is 0 Å². The number of hydrogen-bond acceptors (Lipinski definition) is 6. The molecule has 2 aliphatic heterocycles. The van der Waals surface area contributed by atoms with Crippen LogP contribution in [0.3, 0.4) is 0 Å². The number of pyridine rings is 2. The van der Waals surface area contributed by atoms with Crippen molar-refractivity contribution in [1.29, 1.82) is 0 Å². The first-order valence-electron chi connectivity index (χ1n) is 8.72. The minimum Gasteiger partial charge on any atom is -0.430 e. The summed E-state index contributed by atoms with van der Waals surface area (Å²) in [5, 5.41) is 0. The molecule has 7 nitrogen and oxygen atoms in total. The molecule has 5 heterocycles. The minimum atomic E-state index is -0.187. The van der Waals surface area contributed by atoms with E-state index >= 15 is 0 Å². The van der Waals surface area contributed by atoms with Crippen molar-refractivity contribution in [2.75, 3.05) is 22.9 Å². The summed E-state index contributed by atoms with van der Waals surface area (Å²) in [5.74, 6) is 1.53. The minimum absolute atomic E-state index is 0.187. The standard InChI is InChI=1S/C19H17N5O2/c25-19-17-15(12-24(19)14-4-3-7-20-11-14)22-18(26-17)13-5-6-16(21-10-13)23-8-1-2-9-23/h3-7,10-11H,1-2,8-9,12H2. The highest BCUT2D eigenvalue weighted by Crippen LogP contribution is 2.31. The van der Waals surface area contributed by atoms with E-state index in [0.717, 1.165) is 30.2 Å². The Balaban J connectivity index is 1.39. The van der Waals surface area contributed by atoms with Gasteiger partial charge < -0.3 is 9.32 Å². The zero-order valence-electron chi connectivity index (χ0n) is 14.1. The number of nitrogens with zero attached hydrogens (tertiary/aromatic N) is 5. The van der Waals surface area contributed by atoms with Gasteiger partial charge in [-0.2, -0.15) is 0 Å². The normalized spacial score (nSPS) is 16.4. The first-order chi connectivity index (χ1) is 12.8. The Bertz CT molecular complexity index is 946. The van der Waals surface area contributed by atoms with E-state index < -0.39 is 0 Å². The number of oxazole rings is 1. The molecule has 26 heavy (non-hydrogen) atoms. The molecule has 5 rings (SSSR count). The van der Waals surface area contributed by atoms with Gasteiger partial charge in [0.05, 0.1) is 24.0 Å². The lowest BCUT2D eigenvalue weighted by molar-refractivity contribution is 0.0972. The van der Waals surface area contributed by atoms with Crippen LogP contribution >= 0.6 is 0 Å². The van der Waals surface area contributed by atoms with E-state index in [9.17, 15) is 4.79 Å². The summed E-state index contributed by atoms with van der Waals surface area (Å²) >= 11 is 0. The Morgan fingerprint density at radius 3 is 2.65 bits per heavy atom. The van der Waals surface area contributed by atoms with Crippen molar-refractivity contribution in [1.82, 2.24) is 15.0 Å². The van der Waals surface area contributed by atoms with Crippen molar-refractivity contribution in [3.8, 4) is 11.5 Å². The maximum absolute atomic E-state index is 12.6. The molecule has 1 saturated heterocycles. The second-order valence-corrected chi connectivity index (χ2v) is 6.50. The molecule has 130 valence electrons. The number of hydrogen-bond donors (Lipinski definition) is 0. The van der Waals surface area contributed by atoms with E-state index in [1.807, 2.05) is 18.2 Å². The summed E-state index contributed by atoms with van der Waals surface area (Å²) in [5.41, 5.74) is 2.17. The Labute approximate surface area is 150 Å². The average Bonchev–Trinajstić information content (AvgIpc) is 3.41. The lowest BCUT2D eigenvalue weighted by Crippen LogP contribution is -2.23. The molecule has 2 aliphatic rings. The van der Waals surface area contributed by atoms with Gasteiger partial charge >= 0.3 is 0 Å². The summed E-state index contributed by atoms with van der Waals surface area (Å²) in [6, 6.07) is 7.58. The van der Waals surface area contributed by atoms with Gasteiger partial charge in [0.2, 0.25) is 11.7 Å². The molecule has 0 N–H and O–H groups in total. The van der Waals surface area contributed by atoms with E-state index in [2.05, 4.69) is 19.9 Å². The Hall–Kier alpha value is -3.22. The molecular formula is C19H17N5O2. The molecule has 0 aliphatic carbocycles. The molecule has 0 saturated carbocycles. The van der Waals surface area contributed by atoms with Crippen LogP contribution in [0.5, 0.6) is 0 Å². The number of amides is 1. The van der Waals surface area contributed by atoms with Crippen molar-refractivity contribution < 1.29 is 9.21 Å². The third-order valence-electron chi connectivity index (χ3n) is 4.83. The van der Waals surface area contributed by atoms with Gasteiger partial charge in [0, 0.05) is 25.5 Å². The van der Waals surface area contributed by atoms with Crippen LogP contribution in [0.2, 0.25) is 0 Å². The molecule has 3 aromatic heterocycles. The average molecular weight is 347 g/mol. The van der Waals surface area contributed by atoms with Gasteiger partial charge in [0.1, 0.15) is 11.5 Å². The van der Waals surface area contributed by atoms with E-state index in [0.29, 0.717) is 23.9 Å². The molecule has 0 spiro atoms. The number of aromatic nitrogens is 3. The van der Waals surface area contributed by atoms with E-state index in [1.165, 1.54) is 12.8 Å². The van der Waals surface area contributed by atoms with E-state index in [1.54, 1.807) is 29.6 Å². The maximum atomic E-state index is 12.6. The van der Waals surface area contributed by atoms with Crippen LogP contribution in [0.1, 0.15) is 29.1 Å². The monoisotopic (exact) mass is 347 g/mol. The van der Waals surface area contributed by atoms with Crippen LogP contribution in [0.25, 0.3) is 11.5 Å². The summed E-state index contributed by atoms with van der Waals surface area (Å²) in [6.07, 6.45) is 7.53. The second kappa shape index (κ2) is 5.94. The molecule has 0 aromatic carbocycles. The third kappa shape index (κ3) is 2.44. The third-order valence-corrected chi connectivity index (χ3v) is 4.83. The van der Waals surface area contributed by atoms with Crippen LogP contribution < -0.4 is 9.80 Å². The van der Waals surface area contributed by atoms with Crippen molar-refractivity contribution in [2.45, 2.75) is 19.4 Å². The van der Waals surface area contributed by atoms with Gasteiger partial charge in [-0.05, 0) is 37.1 Å². The molecular weight excluding hydrogens is 330 g/mol. The van der Waals surface area contributed by atoms with E-state index in [4.69, 9.17) is 4.42 Å². The smallest absolute Gasteiger partial charge is 0.296 e. The van der Waals surface area contributed by atoms with Gasteiger partial charge in [-0.1, -0.05) is 0 Å². The van der Waals surface area contributed by atoms with Crippen LogP contribution in [-0.2, 0) is 6.54 Å². The fourth-order valence-electron chi connectivity index (χ4n) is 3.46. The number of rotatable bonds is 3. The number of anilines is 2. The highest BCUT2D eigenvalue weighted by molar-refractivity contribution is 6.07. The summed E-state index contributed by atoms with van der Waals surface area (Å²) in [4.78, 5) is 29.6. The molecule has 7 heteroatoms. The van der Waals surface area contributed by atoms with Crippen molar-refractivity contribution in [3.63, 3.8) is 0 Å². The van der Waals surface area contributed by atoms with Crippen molar-refractivity contribution in [3.05, 3.63) is 54.3 Å². The van der Waals surface area contributed by atoms with Gasteiger partial charge in [0.15, 0.2) is 0 Å². The molecule has 0 radical (unpaired) electrons. The number of carbonyl (C=O) groups excluding carboxylic acids is 1. The second-order valence-electron chi connectivity index (χ2n) is 6.50. The number of carbonyl (C=O) groups is 1. The molecule has 3 aromatic rings. The zero-order chi connectivity index (χ0) is 17.5. The lowest BCUT2D eigenvalue weighted by Gasteiger charge is -2.16. The van der Waals surface area contributed by atoms with E-state index in [-0.39, 0.29) is 5.91 Å². The molecule has 1 fully saturated rings. The van der Waals surface area contributed by atoms with Crippen LogP contribution in [0.4, 0.5) is 11.5 Å². The molecule has 0 bridgehead atoms. The molecule has 0 atom stereocenters. The zero-order valence-corrected chi connectivity index (χ0v) is 14.1. The quantitative estimate of drug-likeness (QED) is 0.725. The first kappa shape index (κ1) is 15.1. The largest absolute Gasteiger partial charge is 0.430 e. The fourth-order valence-corrected chi connectivity index (χ4v) is 3.46. The summed E-state index contributed by atoms with van der Waals surface area (Å²) in [7, 11) is 0. The van der Waals surface area contributed by atoms with Gasteiger partial charge in [0.25, 0.3) is 5.91 Å². The number of fused-ring (bicyclic) bond motifs is 1.